The number of carbonyl (C=O) groups is 2. The second-order valence-electron chi connectivity index (χ2n) is 1.89. The first-order chi connectivity index (χ1) is 6.11. The Bertz CT molecular complexity index is 183. The summed E-state index contributed by atoms with van der Waals surface area (Å²) in [5.74, 6) is 1.53. The maximum absolute atomic E-state index is 11.2. The predicted molar refractivity (Wildman–Crippen MR) is 56.2 cm³/mol. The number of rotatable bonds is 4. The Morgan fingerprint density at radius 1 is 1.31 bits per heavy atom. The van der Waals surface area contributed by atoms with Crippen LogP contribution < -0.4 is 11.1 Å². The quantitative estimate of drug-likeness (QED) is 0.707. The molecule has 0 aromatic carbocycles. The topological polar surface area (TPSA) is 75.4 Å². The Balaban J connectivity index is 4.02. The van der Waals surface area contributed by atoms with Crippen LogP contribution in [0.4, 0.5) is 9.59 Å². The molecule has 0 bridgehead atoms. The smallest absolute Gasteiger partial charge is 0.345 e. The number of hydrogen-bond acceptors (Lipinski definition) is 4. The van der Waals surface area contributed by atoms with Gasteiger partial charge in [0.2, 0.25) is 0 Å². The maximum Gasteiger partial charge on any atom is 0.345 e. The molecule has 0 atom stereocenters. The average Bonchev–Trinajstić information content (AvgIpc) is 2.02. The molecule has 0 fully saturated rings. The fraction of sp³-hybridized carbons (Fsp3) is 0.667. The first-order valence-corrected chi connectivity index (χ1v) is 5.66. The first kappa shape index (κ1) is 12.4. The average molecular weight is 223 g/mol. The molecule has 0 heterocycles. The number of imide groups is 1. The summed E-state index contributed by atoms with van der Waals surface area (Å²) in [5, 5.41) is 2.00. The molecule has 3 N–H and O–H groups in total. The van der Waals surface area contributed by atoms with Crippen molar-refractivity contribution in [1.82, 2.24) is 9.03 Å². The van der Waals surface area contributed by atoms with Gasteiger partial charge in [-0.05, 0) is 23.9 Å². The van der Waals surface area contributed by atoms with E-state index in [-0.39, 0.29) is 0 Å². The highest BCUT2D eigenvalue weighted by molar-refractivity contribution is 8.12. The number of nitrogens with two attached hydrogens (primary N) is 1. The lowest BCUT2D eigenvalue weighted by molar-refractivity contribution is 0.230. The molecule has 0 saturated carbocycles. The van der Waals surface area contributed by atoms with Gasteiger partial charge in [0.25, 0.3) is 0 Å². The van der Waals surface area contributed by atoms with E-state index in [2.05, 4.69) is 0 Å². The third-order valence-corrected chi connectivity index (χ3v) is 2.84. The number of nitrogens with one attached hydrogen (secondary N) is 1. The molecule has 76 valence electrons. The van der Waals surface area contributed by atoms with Crippen LogP contribution in [0.5, 0.6) is 0 Å². The molecule has 0 rings (SSSR count). The SMILES string of the molecule is CCSN(SCC)C(=O)NC(N)=O. The van der Waals surface area contributed by atoms with Gasteiger partial charge in [0.15, 0.2) is 0 Å². The number of primary amides is 1. The normalized spacial score (nSPS) is 9.38. The largest absolute Gasteiger partial charge is 0.351 e. The van der Waals surface area contributed by atoms with Crippen LogP contribution in [0.3, 0.4) is 0 Å². The molecular weight excluding hydrogens is 210 g/mol. The Morgan fingerprint density at radius 3 is 2.08 bits per heavy atom. The third-order valence-electron chi connectivity index (χ3n) is 0.889. The molecule has 0 spiro atoms. The van der Waals surface area contributed by atoms with Crippen molar-refractivity contribution in [2.75, 3.05) is 11.5 Å². The van der Waals surface area contributed by atoms with Gasteiger partial charge >= 0.3 is 12.1 Å². The van der Waals surface area contributed by atoms with Gasteiger partial charge in [-0.15, -0.1) is 0 Å². The third kappa shape index (κ3) is 5.64. The van der Waals surface area contributed by atoms with E-state index in [9.17, 15) is 9.59 Å². The summed E-state index contributed by atoms with van der Waals surface area (Å²) in [6.07, 6.45) is 0. The highest BCUT2D eigenvalue weighted by atomic mass is 32.2. The van der Waals surface area contributed by atoms with Crippen LogP contribution >= 0.6 is 23.9 Å². The van der Waals surface area contributed by atoms with Gasteiger partial charge in [-0.1, -0.05) is 13.8 Å². The van der Waals surface area contributed by atoms with Crippen molar-refractivity contribution in [3.63, 3.8) is 0 Å². The van der Waals surface area contributed by atoms with Crippen molar-refractivity contribution in [2.24, 2.45) is 5.73 Å². The zero-order valence-corrected chi connectivity index (χ0v) is 9.20. The van der Waals surface area contributed by atoms with Crippen LogP contribution in [0.1, 0.15) is 13.8 Å². The number of urea groups is 2. The second-order valence-corrected chi connectivity index (χ2v) is 4.52. The van der Waals surface area contributed by atoms with Gasteiger partial charge in [-0.3, -0.25) is 5.32 Å². The summed E-state index contributed by atoms with van der Waals surface area (Å²) in [4.78, 5) is 21.6. The van der Waals surface area contributed by atoms with Crippen molar-refractivity contribution in [3.05, 3.63) is 0 Å². The Kier molecular flexibility index (Phi) is 6.61. The molecule has 0 aromatic heterocycles. The molecule has 0 radical (unpaired) electrons. The second kappa shape index (κ2) is 6.90. The van der Waals surface area contributed by atoms with E-state index in [1.807, 2.05) is 19.2 Å². The van der Waals surface area contributed by atoms with Gasteiger partial charge in [0, 0.05) is 11.5 Å². The predicted octanol–water partition coefficient (Wildman–Crippen LogP) is 1.41. The number of amides is 4. The molecule has 0 aliphatic rings. The Labute approximate surface area is 86.1 Å². The molecular formula is C6H13N3O2S2. The van der Waals surface area contributed by atoms with E-state index in [0.29, 0.717) is 0 Å². The summed E-state index contributed by atoms with van der Waals surface area (Å²) in [7, 11) is 0. The minimum Gasteiger partial charge on any atom is -0.351 e. The van der Waals surface area contributed by atoms with Crippen LogP contribution in [0.2, 0.25) is 0 Å². The molecule has 4 amide bonds. The highest BCUT2D eigenvalue weighted by Gasteiger charge is 2.14. The van der Waals surface area contributed by atoms with Crippen LogP contribution in [-0.2, 0) is 0 Å². The van der Waals surface area contributed by atoms with E-state index < -0.39 is 12.1 Å². The van der Waals surface area contributed by atoms with E-state index in [1.165, 1.54) is 27.6 Å². The fourth-order valence-electron chi connectivity index (χ4n) is 0.540. The summed E-state index contributed by atoms with van der Waals surface area (Å²) in [6, 6.07) is -1.31. The van der Waals surface area contributed by atoms with E-state index in [4.69, 9.17) is 5.73 Å². The number of nitrogens with zero attached hydrogens (tertiary/aromatic N) is 1. The van der Waals surface area contributed by atoms with Crippen molar-refractivity contribution in [3.8, 4) is 0 Å². The lowest BCUT2D eigenvalue weighted by atomic mass is 10.9. The van der Waals surface area contributed by atoms with Crippen LogP contribution in [0, 0.1) is 0 Å². The van der Waals surface area contributed by atoms with Gasteiger partial charge in [0.05, 0.1) is 0 Å². The first-order valence-electron chi connectivity index (χ1n) is 3.78. The fourth-order valence-corrected chi connectivity index (χ4v) is 2.27. The molecule has 0 aliphatic heterocycles. The number of carbonyl (C=O) groups excluding carboxylic acids is 2. The summed E-state index contributed by atoms with van der Waals surface area (Å²) < 4.78 is 1.41. The molecule has 0 saturated heterocycles. The zero-order valence-electron chi connectivity index (χ0n) is 7.57. The monoisotopic (exact) mass is 223 g/mol. The Hall–Kier alpha value is -0.560. The minimum absolute atomic E-state index is 0.480. The van der Waals surface area contributed by atoms with Crippen molar-refractivity contribution in [1.29, 1.82) is 0 Å². The molecule has 5 nitrogen and oxygen atoms in total. The van der Waals surface area contributed by atoms with Crippen molar-refractivity contribution >= 4 is 36.0 Å². The lowest BCUT2D eigenvalue weighted by Crippen LogP contribution is -2.39. The minimum atomic E-state index is -0.830. The number of hydrogen-bond donors (Lipinski definition) is 2. The lowest BCUT2D eigenvalue weighted by Gasteiger charge is -2.17. The molecule has 0 unspecified atom stereocenters. The standard InChI is InChI=1S/C6H13N3O2S2/c1-3-12-9(13-4-2)6(11)8-5(7)10/h3-4H2,1-2H3,(H3,7,8,10,11). The molecule has 13 heavy (non-hydrogen) atoms. The molecule has 7 heteroatoms. The summed E-state index contributed by atoms with van der Waals surface area (Å²) in [6.45, 7) is 3.84. The van der Waals surface area contributed by atoms with Crippen LogP contribution in [0.15, 0.2) is 0 Å². The zero-order chi connectivity index (χ0) is 10.3. The summed E-state index contributed by atoms with van der Waals surface area (Å²) >= 11 is 2.66. The maximum atomic E-state index is 11.2. The van der Waals surface area contributed by atoms with E-state index in [1.54, 1.807) is 0 Å². The Morgan fingerprint density at radius 2 is 1.77 bits per heavy atom. The van der Waals surface area contributed by atoms with Gasteiger partial charge < -0.3 is 5.73 Å². The van der Waals surface area contributed by atoms with E-state index in [0.717, 1.165) is 11.5 Å². The highest BCUT2D eigenvalue weighted by Crippen LogP contribution is 2.20. The van der Waals surface area contributed by atoms with Crippen LogP contribution in [-0.4, -0.2) is 27.3 Å². The molecule has 0 aromatic rings. The van der Waals surface area contributed by atoms with E-state index >= 15 is 0 Å². The van der Waals surface area contributed by atoms with Gasteiger partial charge in [-0.25, -0.2) is 13.3 Å². The summed E-state index contributed by atoms with van der Waals surface area (Å²) in [5.41, 5.74) is 4.81. The van der Waals surface area contributed by atoms with Crippen LogP contribution in [0.25, 0.3) is 0 Å². The van der Waals surface area contributed by atoms with Gasteiger partial charge in [0.1, 0.15) is 0 Å². The van der Waals surface area contributed by atoms with Gasteiger partial charge in [-0.2, -0.15) is 0 Å². The van der Waals surface area contributed by atoms with Crippen molar-refractivity contribution < 1.29 is 9.59 Å². The van der Waals surface area contributed by atoms with Crippen molar-refractivity contribution in [2.45, 2.75) is 13.8 Å². The molecule has 0 aliphatic carbocycles.